The molecule has 13 heavy (non-hydrogen) atoms. The van der Waals surface area contributed by atoms with E-state index in [1.807, 2.05) is 0 Å². The quantitative estimate of drug-likeness (QED) is 0.652. The summed E-state index contributed by atoms with van der Waals surface area (Å²) in [5.74, 6) is 3.28. The van der Waals surface area contributed by atoms with Crippen LogP contribution in [0.25, 0.3) is 0 Å². The molecule has 2 aliphatic carbocycles. The first kappa shape index (κ1) is 7.84. The number of rotatable bonds is 1. The summed E-state index contributed by atoms with van der Waals surface area (Å²) in [4.78, 5) is 4.86. The van der Waals surface area contributed by atoms with E-state index >= 15 is 0 Å². The zero-order valence-electron chi connectivity index (χ0n) is 8.13. The molecule has 2 nitrogen and oxygen atoms in total. The molecule has 1 heterocycles. The van der Waals surface area contributed by atoms with Crippen molar-refractivity contribution in [2.75, 3.05) is 6.54 Å². The van der Waals surface area contributed by atoms with Crippen LogP contribution in [-0.4, -0.2) is 18.4 Å². The molecule has 0 aromatic rings. The van der Waals surface area contributed by atoms with Crippen LogP contribution in [0.3, 0.4) is 0 Å². The summed E-state index contributed by atoms with van der Waals surface area (Å²) < 4.78 is 0. The molecular formula is C11H18N2. The molecule has 2 saturated carbocycles. The Labute approximate surface area is 79.8 Å². The van der Waals surface area contributed by atoms with Gasteiger partial charge >= 0.3 is 0 Å². The second-order valence-electron chi connectivity index (χ2n) is 4.85. The summed E-state index contributed by atoms with van der Waals surface area (Å²) in [6, 6.07) is 0.694. The van der Waals surface area contributed by atoms with E-state index in [2.05, 4.69) is 5.32 Å². The molecule has 1 N–H and O–H groups in total. The topological polar surface area (TPSA) is 24.4 Å². The van der Waals surface area contributed by atoms with Gasteiger partial charge in [0.05, 0.1) is 11.9 Å². The van der Waals surface area contributed by atoms with Crippen molar-refractivity contribution in [2.24, 2.45) is 16.8 Å². The standard InChI is InChI=1S/C11H18N2/c1-2-11(12-5-1)13-10-7-8-3-4-9(10)6-8/h8-10H,1-7H2,(H,12,13). The van der Waals surface area contributed by atoms with Crippen LogP contribution in [0.4, 0.5) is 0 Å². The first-order chi connectivity index (χ1) is 6.42. The molecule has 3 fully saturated rings. The van der Waals surface area contributed by atoms with Crippen molar-refractivity contribution in [3.8, 4) is 0 Å². The van der Waals surface area contributed by atoms with E-state index in [4.69, 9.17) is 4.99 Å². The molecule has 3 aliphatic rings. The van der Waals surface area contributed by atoms with Gasteiger partial charge in [-0.05, 0) is 37.5 Å². The smallest absolute Gasteiger partial charge is 0.0967 e. The van der Waals surface area contributed by atoms with E-state index < -0.39 is 0 Å². The lowest BCUT2D eigenvalue weighted by Gasteiger charge is -2.18. The van der Waals surface area contributed by atoms with E-state index in [1.54, 1.807) is 0 Å². The van der Waals surface area contributed by atoms with Gasteiger partial charge in [-0.15, -0.1) is 0 Å². The molecule has 3 unspecified atom stereocenters. The minimum Gasteiger partial charge on any atom is -0.374 e. The van der Waals surface area contributed by atoms with E-state index in [1.165, 1.54) is 44.4 Å². The number of hydrogen-bond acceptors (Lipinski definition) is 1. The predicted molar refractivity (Wildman–Crippen MR) is 53.9 cm³/mol. The van der Waals surface area contributed by atoms with E-state index in [9.17, 15) is 0 Å². The van der Waals surface area contributed by atoms with Crippen LogP contribution < -0.4 is 5.32 Å². The van der Waals surface area contributed by atoms with Crippen LogP contribution in [0.1, 0.15) is 38.5 Å². The fraction of sp³-hybridized carbons (Fsp3) is 0.909. The Morgan fingerprint density at radius 2 is 2.23 bits per heavy atom. The van der Waals surface area contributed by atoms with Gasteiger partial charge in [0, 0.05) is 13.0 Å². The van der Waals surface area contributed by atoms with Crippen LogP contribution in [0.2, 0.25) is 0 Å². The summed E-state index contributed by atoms with van der Waals surface area (Å²) in [5, 5.41) is 3.39. The first-order valence-electron chi connectivity index (χ1n) is 5.72. The van der Waals surface area contributed by atoms with Gasteiger partial charge in [-0.25, -0.2) is 0 Å². The number of hydrogen-bond donors (Lipinski definition) is 1. The van der Waals surface area contributed by atoms with Gasteiger partial charge in [0.15, 0.2) is 0 Å². The Hall–Kier alpha value is -0.530. The van der Waals surface area contributed by atoms with Gasteiger partial charge < -0.3 is 5.32 Å². The zero-order valence-corrected chi connectivity index (χ0v) is 8.13. The van der Waals surface area contributed by atoms with Crippen LogP contribution in [0.5, 0.6) is 0 Å². The maximum atomic E-state index is 4.86. The molecule has 0 aromatic carbocycles. The van der Waals surface area contributed by atoms with Crippen LogP contribution in [0.15, 0.2) is 4.99 Å². The predicted octanol–water partition coefficient (Wildman–Crippen LogP) is 1.96. The van der Waals surface area contributed by atoms with Crippen molar-refractivity contribution in [3.05, 3.63) is 0 Å². The normalized spacial score (nSPS) is 45.8. The van der Waals surface area contributed by atoms with Crippen molar-refractivity contribution < 1.29 is 0 Å². The lowest BCUT2D eigenvalue weighted by molar-refractivity contribution is 0.419. The second kappa shape index (κ2) is 3.00. The Balaban J connectivity index is 1.69. The molecule has 0 amide bonds. The molecule has 3 atom stereocenters. The fourth-order valence-corrected chi connectivity index (χ4v) is 3.26. The molecule has 1 aliphatic heterocycles. The van der Waals surface area contributed by atoms with Gasteiger partial charge in [-0.3, -0.25) is 4.99 Å². The third kappa shape index (κ3) is 1.36. The first-order valence-corrected chi connectivity index (χ1v) is 5.72. The molecule has 1 saturated heterocycles. The third-order valence-electron chi connectivity index (χ3n) is 3.94. The van der Waals surface area contributed by atoms with Crippen LogP contribution >= 0.6 is 0 Å². The highest BCUT2D eigenvalue weighted by Crippen LogP contribution is 2.46. The van der Waals surface area contributed by atoms with E-state index in [0.29, 0.717) is 6.04 Å². The third-order valence-corrected chi connectivity index (χ3v) is 3.94. The van der Waals surface area contributed by atoms with Crippen molar-refractivity contribution in [1.82, 2.24) is 5.32 Å². The molecule has 0 spiro atoms. The van der Waals surface area contributed by atoms with Crippen molar-refractivity contribution >= 4 is 5.84 Å². The van der Waals surface area contributed by atoms with Crippen LogP contribution in [-0.2, 0) is 0 Å². The number of amidine groups is 1. The van der Waals surface area contributed by atoms with Gasteiger partial charge in [-0.2, -0.15) is 0 Å². The molecular weight excluding hydrogens is 160 g/mol. The summed E-state index contributed by atoms with van der Waals surface area (Å²) in [7, 11) is 0. The van der Waals surface area contributed by atoms with Crippen LogP contribution in [0, 0.1) is 11.8 Å². The SMILES string of the molecule is C1CNC(=NC2CC3CCC2C3)C1. The average molecular weight is 178 g/mol. The molecule has 0 aromatic heterocycles. The minimum atomic E-state index is 0.694. The highest BCUT2D eigenvalue weighted by Gasteiger charge is 2.39. The molecule has 3 rings (SSSR count). The number of fused-ring (bicyclic) bond motifs is 2. The van der Waals surface area contributed by atoms with Gasteiger partial charge in [0.2, 0.25) is 0 Å². The highest BCUT2D eigenvalue weighted by molar-refractivity contribution is 5.84. The van der Waals surface area contributed by atoms with E-state index in [-0.39, 0.29) is 0 Å². The molecule has 0 radical (unpaired) electrons. The van der Waals surface area contributed by atoms with Gasteiger partial charge in [0.1, 0.15) is 0 Å². The van der Waals surface area contributed by atoms with E-state index in [0.717, 1.165) is 18.4 Å². The Morgan fingerprint density at radius 1 is 1.23 bits per heavy atom. The van der Waals surface area contributed by atoms with Crippen molar-refractivity contribution in [1.29, 1.82) is 0 Å². The lowest BCUT2D eigenvalue weighted by Crippen LogP contribution is -2.21. The maximum Gasteiger partial charge on any atom is 0.0967 e. The number of aliphatic imine (C=N–C) groups is 1. The molecule has 72 valence electrons. The van der Waals surface area contributed by atoms with Crippen molar-refractivity contribution in [2.45, 2.75) is 44.6 Å². The summed E-state index contributed by atoms with van der Waals surface area (Å²) in [6.07, 6.45) is 8.29. The molecule has 2 heteroatoms. The lowest BCUT2D eigenvalue weighted by atomic mass is 9.96. The maximum absolute atomic E-state index is 4.86. The number of nitrogens with zero attached hydrogens (tertiary/aromatic N) is 1. The summed E-state index contributed by atoms with van der Waals surface area (Å²) in [5.41, 5.74) is 0. The Morgan fingerprint density at radius 3 is 2.85 bits per heavy atom. The van der Waals surface area contributed by atoms with Crippen molar-refractivity contribution in [3.63, 3.8) is 0 Å². The monoisotopic (exact) mass is 178 g/mol. The Bertz CT molecular complexity index is 226. The zero-order chi connectivity index (χ0) is 8.67. The Kier molecular flexibility index (Phi) is 1.81. The van der Waals surface area contributed by atoms with Gasteiger partial charge in [-0.1, -0.05) is 6.42 Å². The molecule has 2 bridgehead atoms. The number of nitrogens with one attached hydrogen (secondary N) is 1. The highest BCUT2D eigenvalue weighted by atomic mass is 15.0. The van der Waals surface area contributed by atoms with Gasteiger partial charge in [0.25, 0.3) is 0 Å². The average Bonchev–Trinajstić information content (AvgIpc) is 2.77. The second-order valence-corrected chi connectivity index (χ2v) is 4.85. The fourth-order valence-electron chi connectivity index (χ4n) is 3.26. The summed E-state index contributed by atoms with van der Waals surface area (Å²) >= 11 is 0. The summed E-state index contributed by atoms with van der Waals surface area (Å²) in [6.45, 7) is 1.15. The largest absolute Gasteiger partial charge is 0.374 e. The minimum absolute atomic E-state index is 0.694.